The van der Waals surface area contributed by atoms with E-state index in [1.54, 1.807) is 0 Å². The molecule has 116 valence electrons. The molecule has 5 nitrogen and oxygen atoms in total. The molecule has 3 fully saturated rings. The van der Waals surface area contributed by atoms with Crippen LogP contribution in [-0.4, -0.2) is 22.9 Å². The number of rotatable bonds is 5. The van der Waals surface area contributed by atoms with Crippen LogP contribution in [-0.2, 0) is 10.3 Å². The Morgan fingerprint density at radius 3 is 2.62 bits per heavy atom. The third kappa shape index (κ3) is 2.13. The molecule has 0 amide bonds. The van der Waals surface area contributed by atoms with E-state index in [1.807, 2.05) is 20.8 Å². The predicted octanol–water partition coefficient (Wildman–Crippen LogP) is 2.43. The van der Waals surface area contributed by atoms with Gasteiger partial charge in [-0.15, -0.1) is 0 Å². The van der Waals surface area contributed by atoms with E-state index in [0.29, 0.717) is 18.3 Å². The highest BCUT2D eigenvalue weighted by molar-refractivity contribution is 5.23. The molecule has 5 unspecified atom stereocenters. The normalized spacial score (nSPS) is 39.6. The monoisotopic (exact) mass is 291 g/mol. The Bertz CT molecular complexity index is 523. The smallest absolute Gasteiger partial charge is 0.230 e. The summed E-state index contributed by atoms with van der Waals surface area (Å²) in [4.78, 5) is 4.62. The van der Waals surface area contributed by atoms with Crippen molar-refractivity contribution in [1.82, 2.24) is 10.1 Å². The van der Waals surface area contributed by atoms with Crippen LogP contribution in [0.5, 0.6) is 0 Å². The van der Waals surface area contributed by atoms with E-state index in [-0.39, 0.29) is 6.10 Å². The zero-order chi connectivity index (χ0) is 14.8. The molecule has 2 bridgehead atoms. The number of nitrogens with zero attached hydrogens (tertiary/aromatic N) is 2. The van der Waals surface area contributed by atoms with Gasteiger partial charge in [-0.25, -0.2) is 0 Å². The molecule has 0 aromatic carbocycles. The molecule has 0 radical (unpaired) electrons. The molecule has 1 heterocycles. The van der Waals surface area contributed by atoms with Crippen molar-refractivity contribution in [1.29, 1.82) is 0 Å². The fourth-order valence-corrected chi connectivity index (χ4v) is 4.66. The van der Waals surface area contributed by atoms with Crippen LogP contribution in [0, 0.1) is 23.7 Å². The van der Waals surface area contributed by atoms with Gasteiger partial charge in [0.05, 0.1) is 12.7 Å². The van der Waals surface area contributed by atoms with Gasteiger partial charge in [-0.05, 0) is 63.7 Å². The van der Waals surface area contributed by atoms with Crippen LogP contribution >= 0.6 is 0 Å². The van der Waals surface area contributed by atoms with Crippen molar-refractivity contribution in [3.8, 4) is 0 Å². The molecule has 2 N–H and O–H groups in total. The van der Waals surface area contributed by atoms with E-state index >= 15 is 0 Å². The minimum Gasteiger partial charge on any atom is -0.376 e. The van der Waals surface area contributed by atoms with Gasteiger partial charge in [0.25, 0.3) is 0 Å². The molecule has 1 aromatic heterocycles. The van der Waals surface area contributed by atoms with Gasteiger partial charge in [-0.3, -0.25) is 0 Å². The quantitative estimate of drug-likeness (QED) is 0.902. The largest absolute Gasteiger partial charge is 0.376 e. The van der Waals surface area contributed by atoms with E-state index in [4.69, 9.17) is 15.0 Å². The van der Waals surface area contributed by atoms with E-state index in [2.05, 4.69) is 10.1 Å². The van der Waals surface area contributed by atoms with E-state index in [1.165, 1.54) is 19.3 Å². The van der Waals surface area contributed by atoms with Gasteiger partial charge in [0.2, 0.25) is 5.89 Å². The summed E-state index contributed by atoms with van der Waals surface area (Å²) in [5, 5.41) is 4.13. The first-order chi connectivity index (χ1) is 9.97. The van der Waals surface area contributed by atoms with Gasteiger partial charge >= 0.3 is 0 Å². The average Bonchev–Trinajstić information content (AvgIpc) is 2.88. The van der Waals surface area contributed by atoms with Crippen LogP contribution in [0.15, 0.2) is 4.52 Å². The molecule has 1 aromatic rings. The minimum atomic E-state index is -0.686. The molecular formula is C16H25N3O2. The molecule has 0 aliphatic heterocycles. The standard InChI is InChI=1S/C16H25N3O2/c1-8(2)20-7-16(3,17)15-18-14(21-19-15)13-11-9-4-5-10(6-9)12(11)13/h8-13H,4-7,17H2,1-3H3. The Kier molecular flexibility index (Phi) is 2.95. The van der Waals surface area contributed by atoms with E-state index < -0.39 is 5.54 Å². The summed E-state index contributed by atoms with van der Waals surface area (Å²) < 4.78 is 11.2. The molecule has 3 aliphatic rings. The molecule has 3 aliphatic carbocycles. The Hall–Kier alpha value is -0.940. The number of hydrogen-bond donors (Lipinski definition) is 1. The lowest BCUT2D eigenvalue weighted by atomic mass is 10.0. The molecule has 4 rings (SSSR count). The highest BCUT2D eigenvalue weighted by atomic mass is 16.5. The van der Waals surface area contributed by atoms with E-state index in [0.717, 1.165) is 29.6 Å². The number of hydrogen-bond acceptors (Lipinski definition) is 5. The lowest BCUT2D eigenvalue weighted by Crippen LogP contribution is -2.40. The third-order valence-electron chi connectivity index (χ3n) is 5.69. The topological polar surface area (TPSA) is 74.2 Å². The van der Waals surface area contributed by atoms with Crippen molar-refractivity contribution in [3.05, 3.63) is 11.7 Å². The second-order valence-electron chi connectivity index (χ2n) is 7.75. The summed E-state index contributed by atoms with van der Waals surface area (Å²) in [7, 11) is 0. The summed E-state index contributed by atoms with van der Waals surface area (Å²) >= 11 is 0. The zero-order valence-corrected chi connectivity index (χ0v) is 13.1. The highest BCUT2D eigenvalue weighted by Gasteiger charge is 2.67. The van der Waals surface area contributed by atoms with Crippen molar-refractivity contribution in [2.24, 2.45) is 29.4 Å². The average molecular weight is 291 g/mol. The number of fused-ring (bicyclic) bond motifs is 5. The van der Waals surface area contributed by atoms with Gasteiger partial charge in [0.1, 0.15) is 5.54 Å². The summed E-state index contributed by atoms with van der Waals surface area (Å²) in [5.74, 6) is 5.36. The van der Waals surface area contributed by atoms with Crippen LogP contribution in [0.1, 0.15) is 57.7 Å². The maximum atomic E-state index is 6.29. The Labute approximate surface area is 125 Å². The van der Waals surface area contributed by atoms with Crippen molar-refractivity contribution < 1.29 is 9.26 Å². The molecular weight excluding hydrogens is 266 g/mol. The van der Waals surface area contributed by atoms with Crippen LogP contribution < -0.4 is 5.73 Å². The lowest BCUT2D eigenvalue weighted by molar-refractivity contribution is 0.0410. The minimum absolute atomic E-state index is 0.151. The molecule has 0 spiro atoms. The summed E-state index contributed by atoms with van der Waals surface area (Å²) in [6.45, 7) is 6.31. The second-order valence-corrected chi connectivity index (χ2v) is 7.75. The van der Waals surface area contributed by atoms with Gasteiger partial charge in [-0.2, -0.15) is 4.98 Å². The number of nitrogens with two attached hydrogens (primary N) is 1. The third-order valence-corrected chi connectivity index (χ3v) is 5.69. The number of ether oxygens (including phenoxy) is 1. The molecule has 5 atom stereocenters. The predicted molar refractivity (Wildman–Crippen MR) is 77.5 cm³/mol. The van der Waals surface area contributed by atoms with Crippen molar-refractivity contribution >= 4 is 0 Å². The molecule has 3 saturated carbocycles. The lowest BCUT2D eigenvalue weighted by Gasteiger charge is -2.21. The number of aromatic nitrogens is 2. The molecule has 5 heteroatoms. The van der Waals surface area contributed by atoms with Crippen molar-refractivity contribution in [2.45, 2.75) is 57.6 Å². The fraction of sp³-hybridized carbons (Fsp3) is 0.875. The Morgan fingerprint density at radius 1 is 1.33 bits per heavy atom. The van der Waals surface area contributed by atoms with Crippen LogP contribution in [0.2, 0.25) is 0 Å². The first kappa shape index (κ1) is 13.7. The van der Waals surface area contributed by atoms with Crippen LogP contribution in [0.3, 0.4) is 0 Å². The highest BCUT2D eigenvalue weighted by Crippen LogP contribution is 2.72. The molecule has 0 saturated heterocycles. The summed E-state index contributed by atoms with van der Waals surface area (Å²) in [5.41, 5.74) is 5.61. The fourth-order valence-electron chi connectivity index (χ4n) is 4.66. The first-order valence-electron chi connectivity index (χ1n) is 8.22. The first-order valence-corrected chi connectivity index (χ1v) is 8.22. The van der Waals surface area contributed by atoms with Crippen LogP contribution in [0.4, 0.5) is 0 Å². The Balaban J connectivity index is 1.47. The maximum Gasteiger partial charge on any atom is 0.230 e. The Morgan fingerprint density at radius 2 is 2.00 bits per heavy atom. The van der Waals surface area contributed by atoms with Crippen molar-refractivity contribution in [3.63, 3.8) is 0 Å². The SMILES string of the molecule is CC(C)OCC(C)(N)c1noc(C2C3C4CCC(C4)C23)n1. The van der Waals surface area contributed by atoms with Gasteiger partial charge < -0.3 is 15.0 Å². The van der Waals surface area contributed by atoms with Gasteiger partial charge in [0.15, 0.2) is 5.82 Å². The van der Waals surface area contributed by atoms with Gasteiger partial charge in [0, 0.05) is 5.92 Å². The summed E-state index contributed by atoms with van der Waals surface area (Å²) in [6.07, 6.45) is 4.39. The maximum absolute atomic E-state index is 6.29. The zero-order valence-electron chi connectivity index (χ0n) is 13.1. The van der Waals surface area contributed by atoms with Crippen LogP contribution in [0.25, 0.3) is 0 Å². The van der Waals surface area contributed by atoms with Crippen molar-refractivity contribution in [2.75, 3.05) is 6.61 Å². The van der Waals surface area contributed by atoms with E-state index in [9.17, 15) is 0 Å². The molecule has 21 heavy (non-hydrogen) atoms. The second kappa shape index (κ2) is 4.53. The van der Waals surface area contributed by atoms with Gasteiger partial charge in [-0.1, -0.05) is 5.16 Å². The summed E-state index contributed by atoms with van der Waals surface area (Å²) in [6, 6.07) is 0.